The lowest BCUT2D eigenvalue weighted by atomic mass is 10.1. The van der Waals surface area contributed by atoms with E-state index in [0.29, 0.717) is 17.8 Å². The van der Waals surface area contributed by atoms with Crippen LogP contribution < -0.4 is 10.1 Å². The number of thioether (sulfide) groups is 1. The van der Waals surface area contributed by atoms with Crippen LogP contribution in [0.5, 0.6) is 5.75 Å². The monoisotopic (exact) mass is 409 g/mol. The second kappa shape index (κ2) is 8.12. The summed E-state index contributed by atoms with van der Waals surface area (Å²) in [6, 6.07) is 7.58. The molecular formula is C17H13F6NO2S. The summed E-state index contributed by atoms with van der Waals surface area (Å²) in [5.41, 5.74) is -2.57. The van der Waals surface area contributed by atoms with Gasteiger partial charge in [0.2, 0.25) is 0 Å². The van der Waals surface area contributed by atoms with Crippen molar-refractivity contribution in [3.63, 3.8) is 0 Å². The van der Waals surface area contributed by atoms with Crippen LogP contribution in [0.1, 0.15) is 11.1 Å². The van der Waals surface area contributed by atoms with Crippen molar-refractivity contribution in [2.45, 2.75) is 17.2 Å². The fourth-order valence-electron chi connectivity index (χ4n) is 2.09. The van der Waals surface area contributed by atoms with E-state index in [1.165, 1.54) is 11.8 Å². The van der Waals surface area contributed by atoms with E-state index in [1.54, 1.807) is 30.5 Å². The van der Waals surface area contributed by atoms with Gasteiger partial charge in [-0.2, -0.15) is 26.3 Å². The van der Waals surface area contributed by atoms with E-state index in [0.717, 1.165) is 4.90 Å². The number of para-hydroxylation sites is 1. The first-order valence-corrected chi connectivity index (χ1v) is 8.58. The van der Waals surface area contributed by atoms with Gasteiger partial charge in [-0.05, 0) is 36.6 Å². The quantitative estimate of drug-likeness (QED) is 0.526. The molecule has 1 amide bonds. The number of halogens is 6. The Bertz CT molecular complexity index is 788. The van der Waals surface area contributed by atoms with Gasteiger partial charge in [0, 0.05) is 4.90 Å². The summed E-state index contributed by atoms with van der Waals surface area (Å²) in [7, 11) is 0. The van der Waals surface area contributed by atoms with Crippen LogP contribution in [0.15, 0.2) is 47.4 Å². The number of hydrogen-bond acceptors (Lipinski definition) is 3. The molecule has 146 valence electrons. The second-order valence-electron chi connectivity index (χ2n) is 5.28. The highest BCUT2D eigenvalue weighted by atomic mass is 32.2. The molecule has 0 saturated carbocycles. The Morgan fingerprint density at radius 2 is 1.56 bits per heavy atom. The maximum Gasteiger partial charge on any atom is 0.416 e. The molecule has 0 aliphatic rings. The third kappa shape index (κ3) is 5.81. The van der Waals surface area contributed by atoms with Crippen molar-refractivity contribution in [3.05, 3.63) is 53.6 Å². The smallest absolute Gasteiger partial charge is 0.416 e. The lowest BCUT2D eigenvalue weighted by Gasteiger charge is -2.15. The topological polar surface area (TPSA) is 38.3 Å². The average molecular weight is 409 g/mol. The van der Waals surface area contributed by atoms with E-state index in [1.807, 2.05) is 0 Å². The summed E-state index contributed by atoms with van der Waals surface area (Å²) < 4.78 is 81.7. The molecule has 0 fully saturated rings. The number of carbonyl (C=O) groups excluding carboxylic acids is 1. The zero-order valence-corrected chi connectivity index (χ0v) is 14.6. The van der Waals surface area contributed by atoms with Crippen LogP contribution in [0.2, 0.25) is 0 Å². The number of alkyl halides is 6. The first-order valence-electron chi connectivity index (χ1n) is 7.36. The zero-order chi connectivity index (χ0) is 20.2. The van der Waals surface area contributed by atoms with Gasteiger partial charge < -0.3 is 10.1 Å². The van der Waals surface area contributed by atoms with E-state index in [2.05, 4.69) is 5.32 Å². The Hall–Kier alpha value is -2.36. The van der Waals surface area contributed by atoms with Gasteiger partial charge in [0.25, 0.3) is 5.91 Å². The molecule has 1 N–H and O–H groups in total. The lowest BCUT2D eigenvalue weighted by Crippen LogP contribution is -2.21. The molecule has 0 aliphatic heterocycles. The number of nitrogens with one attached hydrogen (secondary N) is 1. The van der Waals surface area contributed by atoms with Crippen molar-refractivity contribution in [1.82, 2.24) is 0 Å². The molecule has 0 radical (unpaired) electrons. The SMILES string of the molecule is CSc1ccccc1NC(=O)COc1cc(C(F)(F)F)cc(C(F)(F)F)c1. The fraction of sp³-hybridized carbons (Fsp3) is 0.235. The Morgan fingerprint density at radius 1 is 1.00 bits per heavy atom. The van der Waals surface area contributed by atoms with Crippen LogP contribution >= 0.6 is 11.8 Å². The highest BCUT2D eigenvalue weighted by Gasteiger charge is 2.37. The van der Waals surface area contributed by atoms with E-state index < -0.39 is 41.7 Å². The van der Waals surface area contributed by atoms with Crippen LogP contribution in [-0.4, -0.2) is 18.8 Å². The van der Waals surface area contributed by atoms with Gasteiger partial charge in [-0.1, -0.05) is 12.1 Å². The Balaban J connectivity index is 2.16. The number of rotatable bonds is 5. The first kappa shape index (κ1) is 20.9. The second-order valence-corrected chi connectivity index (χ2v) is 6.13. The van der Waals surface area contributed by atoms with Crippen molar-refractivity contribution in [1.29, 1.82) is 0 Å². The molecule has 27 heavy (non-hydrogen) atoms. The third-order valence-electron chi connectivity index (χ3n) is 3.31. The van der Waals surface area contributed by atoms with Crippen LogP contribution in [0.4, 0.5) is 32.0 Å². The van der Waals surface area contributed by atoms with Gasteiger partial charge in [0.1, 0.15) is 5.75 Å². The van der Waals surface area contributed by atoms with Gasteiger partial charge in [-0.25, -0.2) is 0 Å². The standard InChI is InChI=1S/C17H13F6NO2S/c1-27-14-5-3-2-4-13(14)24-15(25)9-26-12-7-10(16(18,19)20)6-11(8-12)17(21,22)23/h2-8H,9H2,1H3,(H,24,25). The Labute approximate surface area is 154 Å². The number of benzene rings is 2. The molecule has 0 aliphatic carbocycles. The molecule has 0 saturated heterocycles. The van der Waals surface area contributed by atoms with Crippen LogP contribution in [0.25, 0.3) is 0 Å². The lowest BCUT2D eigenvalue weighted by molar-refractivity contribution is -0.143. The maximum atomic E-state index is 12.8. The minimum absolute atomic E-state index is 0.0123. The van der Waals surface area contributed by atoms with Crippen LogP contribution in [0, 0.1) is 0 Å². The van der Waals surface area contributed by atoms with Crippen LogP contribution in [-0.2, 0) is 17.1 Å². The summed E-state index contributed by atoms with van der Waals surface area (Å²) in [5, 5.41) is 2.49. The van der Waals surface area contributed by atoms with Crippen molar-refractivity contribution in [3.8, 4) is 5.75 Å². The number of carbonyl (C=O) groups is 1. The van der Waals surface area contributed by atoms with E-state index in [9.17, 15) is 31.1 Å². The molecule has 0 spiro atoms. The Kier molecular flexibility index (Phi) is 6.30. The predicted octanol–water partition coefficient (Wildman–Crippen LogP) is 5.46. The largest absolute Gasteiger partial charge is 0.484 e. The molecule has 0 unspecified atom stereocenters. The maximum absolute atomic E-state index is 12.8. The predicted molar refractivity (Wildman–Crippen MR) is 88.8 cm³/mol. The molecular weight excluding hydrogens is 396 g/mol. The molecule has 2 rings (SSSR count). The van der Waals surface area contributed by atoms with Gasteiger partial charge in [0.05, 0.1) is 16.8 Å². The summed E-state index contributed by atoms with van der Waals surface area (Å²) in [6.45, 7) is -0.749. The van der Waals surface area contributed by atoms with E-state index in [4.69, 9.17) is 4.74 Å². The molecule has 0 atom stereocenters. The normalized spacial score (nSPS) is 12.0. The van der Waals surface area contributed by atoms with Crippen molar-refractivity contribution < 1.29 is 35.9 Å². The number of anilines is 1. The van der Waals surface area contributed by atoms with Gasteiger partial charge in [0.15, 0.2) is 6.61 Å². The molecule has 0 bridgehead atoms. The molecule has 0 aromatic heterocycles. The van der Waals surface area contributed by atoms with Crippen molar-refractivity contribution >= 4 is 23.4 Å². The van der Waals surface area contributed by atoms with E-state index in [-0.39, 0.29) is 6.07 Å². The molecule has 2 aromatic rings. The minimum atomic E-state index is -4.99. The molecule has 0 heterocycles. The zero-order valence-electron chi connectivity index (χ0n) is 13.7. The minimum Gasteiger partial charge on any atom is -0.484 e. The molecule has 3 nitrogen and oxygen atoms in total. The molecule has 2 aromatic carbocycles. The highest BCUT2D eigenvalue weighted by Crippen LogP contribution is 2.38. The van der Waals surface area contributed by atoms with Crippen LogP contribution in [0.3, 0.4) is 0 Å². The summed E-state index contributed by atoms with van der Waals surface area (Å²) in [6.07, 6.45) is -8.19. The third-order valence-corrected chi connectivity index (χ3v) is 4.11. The van der Waals surface area contributed by atoms with Crippen molar-refractivity contribution in [2.75, 3.05) is 18.2 Å². The Morgan fingerprint density at radius 3 is 2.07 bits per heavy atom. The van der Waals surface area contributed by atoms with Crippen molar-refractivity contribution in [2.24, 2.45) is 0 Å². The average Bonchev–Trinajstić information content (AvgIpc) is 2.58. The summed E-state index contributed by atoms with van der Waals surface area (Å²) >= 11 is 1.36. The number of amides is 1. The highest BCUT2D eigenvalue weighted by molar-refractivity contribution is 7.98. The molecule has 10 heteroatoms. The number of hydrogen-bond donors (Lipinski definition) is 1. The first-order chi connectivity index (χ1) is 12.5. The fourth-order valence-corrected chi connectivity index (χ4v) is 2.65. The van der Waals surface area contributed by atoms with E-state index >= 15 is 0 Å². The van der Waals surface area contributed by atoms with Gasteiger partial charge >= 0.3 is 12.4 Å². The van der Waals surface area contributed by atoms with Gasteiger partial charge in [-0.15, -0.1) is 11.8 Å². The number of ether oxygens (including phenoxy) is 1. The summed E-state index contributed by atoms with van der Waals surface area (Å²) in [4.78, 5) is 12.7. The van der Waals surface area contributed by atoms with Gasteiger partial charge in [-0.3, -0.25) is 4.79 Å². The summed E-state index contributed by atoms with van der Waals surface area (Å²) in [5.74, 6) is -1.42.